The number of allylic oxidation sites excluding steroid dienone is 1. The predicted octanol–water partition coefficient (Wildman–Crippen LogP) is 5.15. The average Bonchev–Trinajstić information content (AvgIpc) is 2.72. The van der Waals surface area contributed by atoms with Gasteiger partial charge in [-0.05, 0) is 34.9 Å². The molecular weight excluding hydrogens is 322 g/mol. The summed E-state index contributed by atoms with van der Waals surface area (Å²) < 4.78 is 5.20. The molecule has 3 aromatic carbocycles. The van der Waals surface area contributed by atoms with Crippen LogP contribution < -0.4 is 4.74 Å². The summed E-state index contributed by atoms with van der Waals surface area (Å²) in [4.78, 5) is 12.3. The number of nitriles is 1. The van der Waals surface area contributed by atoms with Gasteiger partial charge < -0.3 is 4.74 Å². The van der Waals surface area contributed by atoms with Gasteiger partial charge >= 0.3 is 0 Å². The van der Waals surface area contributed by atoms with Gasteiger partial charge in [-0.3, -0.25) is 4.79 Å². The van der Waals surface area contributed by atoms with Crippen LogP contribution in [-0.4, -0.2) is 12.4 Å². The molecule has 0 unspecified atom stereocenters. The second-order valence-electron chi connectivity index (χ2n) is 5.66. The van der Waals surface area contributed by atoms with Crippen molar-refractivity contribution in [1.82, 2.24) is 0 Å². The number of rotatable bonds is 6. The summed E-state index contributed by atoms with van der Waals surface area (Å²) in [5.41, 5.74) is 3.75. The van der Waals surface area contributed by atoms with Crippen LogP contribution >= 0.6 is 0 Å². The molecule has 0 saturated heterocycles. The Bertz CT molecular complexity index is 934. The van der Waals surface area contributed by atoms with E-state index in [1.165, 1.54) is 0 Å². The highest BCUT2D eigenvalue weighted by molar-refractivity contribution is 6.07. The molecule has 0 aromatic heterocycles. The number of carbonyl (C=O) groups is 1. The highest BCUT2D eigenvalue weighted by atomic mass is 16.5. The van der Waals surface area contributed by atoms with Crippen LogP contribution in [-0.2, 0) is 0 Å². The molecule has 0 radical (unpaired) electrons. The lowest BCUT2D eigenvalue weighted by atomic mass is 10.0. The topological polar surface area (TPSA) is 50.1 Å². The first kappa shape index (κ1) is 17.2. The Morgan fingerprint density at radius 1 is 0.885 bits per heavy atom. The summed E-state index contributed by atoms with van der Waals surface area (Å²) in [7, 11) is 0. The van der Waals surface area contributed by atoms with E-state index in [9.17, 15) is 4.79 Å². The number of benzene rings is 3. The van der Waals surface area contributed by atoms with E-state index >= 15 is 0 Å². The summed E-state index contributed by atoms with van der Waals surface area (Å²) in [6.07, 6.45) is 3.32. The minimum atomic E-state index is -0.0468. The lowest BCUT2D eigenvalue weighted by Gasteiger charge is -2.03. The van der Waals surface area contributed by atoms with Crippen LogP contribution in [0, 0.1) is 11.3 Å². The summed E-state index contributed by atoms with van der Waals surface area (Å²) >= 11 is 0. The number of carbonyl (C=O) groups excluding carboxylic acids is 1. The van der Waals surface area contributed by atoms with E-state index in [2.05, 4.69) is 0 Å². The molecule has 0 atom stereocenters. The number of ether oxygens (including phenoxy) is 1. The van der Waals surface area contributed by atoms with Crippen LogP contribution in [0.4, 0.5) is 0 Å². The van der Waals surface area contributed by atoms with Gasteiger partial charge in [0, 0.05) is 5.56 Å². The van der Waals surface area contributed by atoms with Crippen molar-refractivity contribution in [2.75, 3.05) is 6.61 Å². The summed E-state index contributed by atoms with van der Waals surface area (Å²) in [6, 6.07) is 26.8. The van der Waals surface area contributed by atoms with Gasteiger partial charge in [-0.1, -0.05) is 72.8 Å². The van der Waals surface area contributed by atoms with Gasteiger partial charge in [-0.25, -0.2) is 0 Å². The molecule has 26 heavy (non-hydrogen) atoms. The smallest absolute Gasteiger partial charge is 0.185 e. The fourth-order valence-electron chi connectivity index (χ4n) is 2.52. The molecule has 3 rings (SSSR count). The third-order valence-electron chi connectivity index (χ3n) is 3.89. The lowest BCUT2D eigenvalue weighted by Crippen LogP contribution is -1.94. The zero-order valence-corrected chi connectivity index (χ0v) is 14.1. The molecule has 0 aliphatic carbocycles. The second-order valence-corrected chi connectivity index (χ2v) is 5.66. The number of hydrogen-bond acceptors (Lipinski definition) is 3. The molecule has 0 spiro atoms. The largest absolute Gasteiger partial charge is 0.479 e. The summed E-state index contributed by atoms with van der Waals surface area (Å²) in [6.45, 7) is 0.0205. The maximum atomic E-state index is 12.3. The lowest BCUT2D eigenvalue weighted by molar-refractivity contribution is 0.104. The van der Waals surface area contributed by atoms with Gasteiger partial charge in [0.05, 0.1) is 0 Å². The van der Waals surface area contributed by atoms with Crippen LogP contribution in [0.15, 0.2) is 84.9 Å². The van der Waals surface area contributed by atoms with Crippen molar-refractivity contribution >= 4 is 11.9 Å². The van der Waals surface area contributed by atoms with Crippen molar-refractivity contribution in [3.63, 3.8) is 0 Å². The standard InChI is InChI=1S/C23H17NO2/c24-16-17-26-22-13-6-18(7-14-22)8-15-23(25)21-11-9-20(10-12-21)19-4-2-1-3-5-19/h1-15H,17H2/b15-8+. The molecule has 0 aliphatic heterocycles. The van der Waals surface area contributed by atoms with E-state index in [1.807, 2.05) is 72.8 Å². The first-order valence-electron chi connectivity index (χ1n) is 8.24. The van der Waals surface area contributed by atoms with Crippen molar-refractivity contribution in [1.29, 1.82) is 5.26 Å². The van der Waals surface area contributed by atoms with Crippen molar-refractivity contribution in [2.45, 2.75) is 0 Å². The summed E-state index contributed by atoms with van der Waals surface area (Å²) in [5.74, 6) is 0.584. The van der Waals surface area contributed by atoms with Gasteiger partial charge in [-0.15, -0.1) is 0 Å². The third-order valence-corrected chi connectivity index (χ3v) is 3.89. The number of ketones is 1. The summed E-state index contributed by atoms with van der Waals surface area (Å²) in [5, 5.41) is 8.49. The molecule has 0 aliphatic rings. The third kappa shape index (κ3) is 4.46. The van der Waals surface area contributed by atoms with Crippen molar-refractivity contribution in [2.24, 2.45) is 0 Å². The Hall–Kier alpha value is -3.64. The Kier molecular flexibility index (Phi) is 5.59. The fraction of sp³-hybridized carbons (Fsp3) is 0.0435. The molecule has 0 heterocycles. The molecule has 3 nitrogen and oxygen atoms in total. The Morgan fingerprint density at radius 3 is 2.19 bits per heavy atom. The molecule has 126 valence electrons. The molecule has 3 heteroatoms. The van der Waals surface area contributed by atoms with E-state index in [-0.39, 0.29) is 12.4 Å². The Morgan fingerprint density at radius 2 is 1.54 bits per heavy atom. The Labute approximate surface area is 152 Å². The second kappa shape index (κ2) is 8.46. The quantitative estimate of drug-likeness (QED) is 0.461. The van der Waals surface area contributed by atoms with Crippen LogP contribution in [0.5, 0.6) is 5.75 Å². The zero-order chi connectivity index (χ0) is 18.2. The predicted molar refractivity (Wildman–Crippen MR) is 103 cm³/mol. The van der Waals surface area contributed by atoms with Gasteiger partial charge in [0.15, 0.2) is 12.4 Å². The molecular formula is C23H17NO2. The fourth-order valence-corrected chi connectivity index (χ4v) is 2.52. The first-order valence-corrected chi connectivity index (χ1v) is 8.24. The van der Waals surface area contributed by atoms with E-state index in [0.29, 0.717) is 11.3 Å². The number of hydrogen-bond donors (Lipinski definition) is 0. The molecule has 0 bridgehead atoms. The van der Waals surface area contributed by atoms with Crippen LogP contribution in [0.25, 0.3) is 17.2 Å². The molecule has 0 amide bonds. The monoisotopic (exact) mass is 339 g/mol. The van der Waals surface area contributed by atoms with E-state index in [4.69, 9.17) is 10.00 Å². The van der Waals surface area contributed by atoms with E-state index in [0.717, 1.165) is 16.7 Å². The maximum absolute atomic E-state index is 12.3. The highest BCUT2D eigenvalue weighted by Gasteiger charge is 2.03. The molecule has 0 N–H and O–H groups in total. The normalized spacial score (nSPS) is 10.4. The molecule has 3 aromatic rings. The van der Waals surface area contributed by atoms with Crippen molar-refractivity contribution in [3.05, 3.63) is 96.1 Å². The van der Waals surface area contributed by atoms with E-state index in [1.54, 1.807) is 24.3 Å². The average molecular weight is 339 g/mol. The highest BCUT2D eigenvalue weighted by Crippen LogP contribution is 2.20. The maximum Gasteiger partial charge on any atom is 0.185 e. The first-order chi connectivity index (χ1) is 12.8. The van der Waals surface area contributed by atoms with Gasteiger partial charge in [-0.2, -0.15) is 5.26 Å². The number of nitrogens with zero attached hydrogens (tertiary/aromatic N) is 1. The van der Waals surface area contributed by atoms with E-state index < -0.39 is 0 Å². The van der Waals surface area contributed by atoms with Crippen LogP contribution in [0.1, 0.15) is 15.9 Å². The molecule has 0 saturated carbocycles. The van der Waals surface area contributed by atoms with Crippen molar-refractivity contribution < 1.29 is 9.53 Å². The van der Waals surface area contributed by atoms with Crippen molar-refractivity contribution in [3.8, 4) is 22.9 Å². The van der Waals surface area contributed by atoms with Gasteiger partial charge in [0.1, 0.15) is 11.8 Å². The SMILES string of the molecule is N#CCOc1ccc(/C=C/C(=O)c2ccc(-c3ccccc3)cc2)cc1. The minimum absolute atomic E-state index is 0.0205. The molecule has 0 fully saturated rings. The van der Waals surface area contributed by atoms with Crippen LogP contribution in [0.2, 0.25) is 0 Å². The Balaban J connectivity index is 1.66. The minimum Gasteiger partial charge on any atom is -0.479 e. The van der Waals surface area contributed by atoms with Gasteiger partial charge in [0.25, 0.3) is 0 Å². The zero-order valence-electron chi connectivity index (χ0n) is 14.1. The van der Waals surface area contributed by atoms with Gasteiger partial charge in [0.2, 0.25) is 0 Å². The van der Waals surface area contributed by atoms with Crippen LogP contribution in [0.3, 0.4) is 0 Å².